The van der Waals surface area contributed by atoms with Crippen LogP contribution in [0.15, 0.2) is 54.9 Å². The predicted molar refractivity (Wildman–Crippen MR) is 131 cm³/mol. The Morgan fingerprint density at radius 1 is 1.11 bits per heavy atom. The molecular formula is C26H25ClFN5O3. The van der Waals surface area contributed by atoms with E-state index in [0.717, 1.165) is 24.0 Å². The molecule has 1 fully saturated rings. The molecule has 1 aliphatic heterocycles. The molecule has 1 saturated carbocycles. The molecular weight excluding hydrogens is 485 g/mol. The number of nitrogens with zero attached hydrogens (tertiary/aromatic N) is 3. The molecule has 0 unspecified atom stereocenters. The van der Waals surface area contributed by atoms with E-state index in [1.807, 2.05) is 6.07 Å². The lowest BCUT2D eigenvalue weighted by Crippen LogP contribution is -2.64. The minimum atomic E-state index is -1.17. The number of imidazole rings is 1. The molecule has 10 heteroatoms. The van der Waals surface area contributed by atoms with Crippen LogP contribution >= 0.6 is 11.6 Å². The van der Waals surface area contributed by atoms with Gasteiger partial charge in [0.25, 0.3) is 11.8 Å². The fraction of sp³-hybridized carbons (Fsp3) is 0.308. The third kappa shape index (κ3) is 4.58. The van der Waals surface area contributed by atoms with Crippen molar-refractivity contribution in [2.75, 3.05) is 0 Å². The summed E-state index contributed by atoms with van der Waals surface area (Å²) in [5.41, 5.74) is 0.604. The number of rotatable bonds is 7. The summed E-state index contributed by atoms with van der Waals surface area (Å²) in [6.07, 6.45) is 3.01. The summed E-state index contributed by atoms with van der Waals surface area (Å²) < 4.78 is 14.8. The van der Waals surface area contributed by atoms with Gasteiger partial charge in [0.05, 0.1) is 12.9 Å². The van der Waals surface area contributed by atoms with Gasteiger partial charge in [-0.1, -0.05) is 35.9 Å². The number of aromatic nitrogens is 2. The van der Waals surface area contributed by atoms with Gasteiger partial charge in [-0.05, 0) is 55.2 Å². The zero-order chi connectivity index (χ0) is 25.4. The van der Waals surface area contributed by atoms with Crippen LogP contribution in [0.4, 0.5) is 4.39 Å². The Labute approximate surface area is 212 Å². The molecule has 1 atom stereocenters. The van der Waals surface area contributed by atoms with Crippen molar-refractivity contribution in [3.05, 3.63) is 88.2 Å². The van der Waals surface area contributed by atoms with Crippen molar-refractivity contribution >= 4 is 29.3 Å². The van der Waals surface area contributed by atoms with E-state index in [0.29, 0.717) is 5.02 Å². The number of hydrogen-bond acceptors (Lipinski definition) is 4. The van der Waals surface area contributed by atoms with E-state index in [1.54, 1.807) is 46.7 Å². The lowest BCUT2D eigenvalue weighted by atomic mass is 9.93. The SMILES string of the molecule is C[C@@]1(C(=O)NCc2ccc(F)cc2)Cn2cnc(C(=O)NCc3cccc(Cl)c3)c2C(=O)N1C1CC1. The molecule has 2 aromatic carbocycles. The van der Waals surface area contributed by atoms with E-state index in [1.165, 1.54) is 18.5 Å². The number of halogens is 2. The quantitative estimate of drug-likeness (QED) is 0.511. The molecule has 2 N–H and O–H groups in total. The van der Waals surface area contributed by atoms with E-state index in [-0.39, 0.29) is 48.8 Å². The molecule has 1 aromatic heterocycles. The minimum absolute atomic E-state index is 0.0291. The average molecular weight is 510 g/mol. The van der Waals surface area contributed by atoms with Crippen molar-refractivity contribution in [1.29, 1.82) is 0 Å². The van der Waals surface area contributed by atoms with Gasteiger partial charge in [-0.25, -0.2) is 9.37 Å². The molecule has 1 aliphatic carbocycles. The van der Waals surface area contributed by atoms with E-state index >= 15 is 0 Å². The average Bonchev–Trinajstić information content (AvgIpc) is 3.59. The second-order valence-electron chi connectivity index (χ2n) is 9.37. The standard InChI is InChI=1S/C26H25ClFN5O3/c1-26(25(36)30-12-16-5-7-19(28)8-6-16)14-32-15-31-21(22(32)24(35)33(26)20-9-10-20)23(34)29-13-17-3-2-4-18(27)11-17/h2-8,11,15,20H,9-10,12-14H2,1H3,(H,29,34)(H,30,36)/t26-/m0/s1. The molecule has 36 heavy (non-hydrogen) atoms. The topological polar surface area (TPSA) is 96.3 Å². The number of nitrogens with one attached hydrogen (secondary N) is 2. The summed E-state index contributed by atoms with van der Waals surface area (Å²) in [4.78, 5) is 45.8. The van der Waals surface area contributed by atoms with Crippen molar-refractivity contribution in [3.63, 3.8) is 0 Å². The fourth-order valence-electron chi connectivity index (χ4n) is 4.61. The number of hydrogen-bond donors (Lipinski definition) is 2. The van der Waals surface area contributed by atoms with Crippen LogP contribution in [-0.4, -0.2) is 43.8 Å². The largest absolute Gasteiger partial charge is 0.350 e. The van der Waals surface area contributed by atoms with Crippen molar-refractivity contribution in [2.24, 2.45) is 0 Å². The van der Waals surface area contributed by atoms with Crippen LogP contribution in [0.5, 0.6) is 0 Å². The number of carbonyl (C=O) groups excluding carboxylic acids is 3. The smallest absolute Gasteiger partial charge is 0.274 e. The van der Waals surface area contributed by atoms with Crippen LogP contribution in [0, 0.1) is 5.82 Å². The number of carbonyl (C=O) groups is 3. The molecule has 8 nitrogen and oxygen atoms in total. The predicted octanol–water partition coefficient (Wildman–Crippen LogP) is 3.30. The maximum atomic E-state index is 13.7. The van der Waals surface area contributed by atoms with Crippen LogP contribution in [-0.2, 0) is 24.4 Å². The third-order valence-corrected chi connectivity index (χ3v) is 6.83. The van der Waals surface area contributed by atoms with Gasteiger partial charge >= 0.3 is 0 Å². The molecule has 3 amide bonds. The van der Waals surface area contributed by atoms with Gasteiger partial charge in [-0.2, -0.15) is 0 Å². The number of fused-ring (bicyclic) bond motifs is 1. The van der Waals surface area contributed by atoms with Gasteiger partial charge in [0.15, 0.2) is 5.69 Å². The van der Waals surface area contributed by atoms with Crippen LogP contribution in [0.2, 0.25) is 5.02 Å². The summed E-state index contributed by atoms with van der Waals surface area (Å²) >= 11 is 6.01. The van der Waals surface area contributed by atoms with Crippen molar-refractivity contribution in [3.8, 4) is 0 Å². The molecule has 0 spiro atoms. The van der Waals surface area contributed by atoms with Gasteiger partial charge in [-0.3, -0.25) is 14.4 Å². The lowest BCUT2D eigenvalue weighted by Gasteiger charge is -2.44. The van der Waals surface area contributed by atoms with Gasteiger partial charge in [0.2, 0.25) is 5.91 Å². The Balaban J connectivity index is 1.35. The van der Waals surface area contributed by atoms with Crippen LogP contribution in [0.1, 0.15) is 51.9 Å². The number of amides is 3. The van der Waals surface area contributed by atoms with E-state index in [2.05, 4.69) is 15.6 Å². The lowest BCUT2D eigenvalue weighted by molar-refractivity contribution is -0.133. The molecule has 0 bridgehead atoms. The first-order valence-corrected chi connectivity index (χ1v) is 12.1. The molecule has 186 valence electrons. The zero-order valence-electron chi connectivity index (χ0n) is 19.6. The highest BCUT2D eigenvalue weighted by molar-refractivity contribution is 6.30. The van der Waals surface area contributed by atoms with Crippen molar-refractivity contribution < 1.29 is 18.8 Å². The maximum absolute atomic E-state index is 13.7. The monoisotopic (exact) mass is 509 g/mol. The molecule has 2 aliphatic rings. The summed E-state index contributed by atoms with van der Waals surface area (Å²) in [5, 5.41) is 6.24. The number of benzene rings is 2. The molecule has 0 saturated heterocycles. The Bertz CT molecular complexity index is 1340. The Morgan fingerprint density at radius 3 is 2.53 bits per heavy atom. The summed E-state index contributed by atoms with van der Waals surface area (Å²) in [5.74, 6) is -1.54. The first-order chi connectivity index (χ1) is 17.3. The molecule has 3 aromatic rings. The summed E-state index contributed by atoms with van der Waals surface area (Å²) in [6.45, 7) is 2.32. The maximum Gasteiger partial charge on any atom is 0.274 e. The fourth-order valence-corrected chi connectivity index (χ4v) is 4.82. The van der Waals surface area contributed by atoms with Gasteiger partial charge in [-0.15, -0.1) is 0 Å². The van der Waals surface area contributed by atoms with E-state index in [4.69, 9.17) is 11.6 Å². The van der Waals surface area contributed by atoms with Crippen molar-refractivity contribution in [1.82, 2.24) is 25.1 Å². The summed E-state index contributed by atoms with van der Waals surface area (Å²) in [7, 11) is 0. The second-order valence-corrected chi connectivity index (χ2v) is 9.81. The van der Waals surface area contributed by atoms with Gasteiger partial charge in [0.1, 0.15) is 17.1 Å². The highest BCUT2D eigenvalue weighted by Gasteiger charge is 2.53. The first-order valence-electron chi connectivity index (χ1n) is 11.7. The van der Waals surface area contributed by atoms with Gasteiger partial charge in [0, 0.05) is 24.2 Å². The zero-order valence-corrected chi connectivity index (χ0v) is 20.4. The highest BCUT2D eigenvalue weighted by atomic mass is 35.5. The van der Waals surface area contributed by atoms with Crippen LogP contribution in [0.25, 0.3) is 0 Å². The van der Waals surface area contributed by atoms with Crippen molar-refractivity contribution in [2.45, 2.75) is 51.0 Å². The van der Waals surface area contributed by atoms with Crippen LogP contribution in [0.3, 0.4) is 0 Å². The summed E-state index contributed by atoms with van der Waals surface area (Å²) in [6, 6.07) is 12.9. The van der Waals surface area contributed by atoms with E-state index in [9.17, 15) is 18.8 Å². The normalized spacial score (nSPS) is 19.1. The van der Waals surface area contributed by atoms with Gasteiger partial charge < -0.3 is 20.1 Å². The molecule has 5 rings (SSSR count). The Kier molecular flexibility index (Phi) is 6.26. The first kappa shape index (κ1) is 24.0. The minimum Gasteiger partial charge on any atom is -0.350 e. The van der Waals surface area contributed by atoms with Crippen LogP contribution < -0.4 is 10.6 Å². The second kappa shape index (κ2) is 9.39. The molecule has 0 radical (unpaired) electrons. The third-order valence-electron chi connectivity index (χ3n) is 6.59. The highest BCUT2D eigenvalue weighted by Crippen LogP contribution is 2.38. The molecule has 2 heterocycles. The Hall–Kier alpha value is -3.72. The van der Waals surface area contributed by atoms with E-state index < -0.39 is 17.4 Å². The Morgan fingerprint density at radius 2 is 1.83 bits per heavy atom.